The molecule has 1 aliphatic carbocycles. The summed E-state index contributed by atoms with van der Waals surface area (Å²) in [7, 11) is 0. The van der Waals surface area contributed by atoms with Crippen LogP contribution >= 0.6 is 0 Å². The van der Waals surface area contributed by atoms with Gasteiger partial charge in [-0.1, -0.05) is 0 Å². The standard InChI is InChI=1S/C9H16N4/c10-5-3-9(1-2-9)4-6-13-8-11-7-12-13/h7-8H,1-6,10H2. The largest absolute Gasteiger partial charge is 0.330 e. The Morgan fingerprint density at radius 3 is 2.77 bits per heavy atom. The Morgan fingerprint density at radius 2 is 2.23 bits per heavy atom. The van der Waals surface area contributed by atoms with Crippen LogP contribution in [0.4, 0.5) is 0 Å². The zero-order chi connectivity index (χ0) is 9.15. The van der Waals surface area contributed by atoms with Crippen LogP contribution in [0.15, 0.2) is 12.7 Å². The highest BCUT2D eigenvalue weighted by Crippen LogP contribution is 2.51. The first-order valence-corrected chi connectivity index (χ1v) is 4.87. The fourth-order valence-electron chi connectivity index (χ4n) is 1.81. The second kappa shape index (κ2) is 3.46. The second-order valence-electron chi connectivity index (χ2n) is 3.95. The Labute approximate surface area is 78.1 Å². The van der Waals surface area contributed by atoms with E-state index in [1.807, 2.05) is 4.68 Å². The summed E-state index contributed by atoms with van der Waals surface area (Å²) in [4.78, 5) is 3.92. The van der Waals surface area contributed by atoms with Gasteiger partial charge in [-0.15, -0.1) is 0 Å². The molecule has 1 heterocycles. The lowest BCUT2D eigenvalue weighted by Crippen LogP contribution is -2.12. The molecule has 1 saturated carbocycles. The molecule has 2 rings (SSSR count). The maximum absolute atomic E-state index is 5.57. The average molecular weight is 180 g/mol. The number of rotatable bonds is 5. The zero-order valence-electron chi connectivity index (χ0n) is 7.82. The highest BCUT2D eigenvalue weighted by atomic mass is 15.3. The molecule has 1 aromatic heterocycles. The van der Waals surface area contributed by atoms with Crippen molar-refractivity contribution in [2.24, 2.45) is 11.1 Å². The van der Waals surface area contributed by atoms with Crippen molar-refractivity contribution in [3.8, 4) is 0 Å². The predicted octanol–water partition coefficient (Wildman–Crippen LogP) is 0.797. The summed E-state index contributed by atoms with van der Waals surface area (Å²) in [5.74, 6) is 0. The molecule has 0 spiro atoms. The van der Waals surface area contributed by atoms with Crippen molar-refractivity contribution < 1.29 is 0 Å². The van der Waals surface area contributed by atoms with E-state index in [4.69, 9.17) is 5.73 Å². The highest BCUT2D eigenvalue weighted by molar-refractivity contribution is 4.92. The summed E-state index contributed by atoms with van der Waals surface area (Å²) >= 11 is 0. The number of aryl methyl sites for hydroxylation is 1. The van der Waals surface area contributed by atoms with Gasteiger partial charge in [-0.2, -0.15) is 5.10 Å². The number of aromatic nitrogens is 3. The zero-order valence-corrected chi connectivity index (χ0v) is 7.82. The van der Waals surface area contributed by atoms with Crippen molar-refractivity contribution in [1.82, 2.24) is 14.8 Å². The predicted molar refractivity (Wildman–Crippen MR) is 50.0 cm³/mol. The summed E-state index contributed by atoms with van der Waals surface area (Å²) in [6.45, 7) is 1.80. The normalized spacial score (nSPS) is 18.8. The van der Waals surface area contributed by atoms with E-state index in [-0.39, 0.29) is 0 Å². The monoisotopic (exact) mass is 180 g/mol. The smallest absolute Gasteiger partial charge is 0.137 e. The van der Waals surface area contributed by atoms with Gasteiger partial charge in [0.15, 0.2) is 0 Å². The minimum atomic E-state index is 0.556. The Bertz CT molecular complexity index is 251. The summed E-state index contributed by atoms with van der Waals surface area (Å²) in [5.41, 5.74) is 6.13. The molecule has 0 unspecified atom stereocenters. The Balaban J connectivity index is 1.79. The number of hydrogen-bond acceptors (Lipinski definition) is 3. The molecule has 2 N–H and O–H groups in total. The third kappa shape index (κ3) is 2.06. The van der Waals surface area contributed by atoms with Crippen LogP contribution in [0.1, 0.15) is 25.7 Å². The molecule has 72 valence electrons. The van der Waals surface area contributed by atoms with Crippen LogP contribution < -0.4 is 5.73 Å². The van der Waals surface area contributed by atoms with Crippen molar-refractivity contribution in [2.75, 3.05) is 6.54 Å². The molecule has 0 amide bonds. The van der Waals surface area contributed by atoms with Crippen molar-refractivity contribution in [1.29, 1.82) is 0 Å². The van der Waals surface area contributed by atoms with E-state index < -0.39 is 0 Å². The highest BCUT2D eigenvalue weighted by Gasteiger charge is 2.40. The van der Waals surface area contributed by atoms with Crippen LogP contribution in [0.3, 0.4) is 0 Å². The van der Waals surface area contributed by atoms with E-state index >= 15 is 0 Å². The fraction of sp³-hybridized carbons (Fsp3) is 0.778. The molecular weight excluding hydrogens is 164 g/mol. The second-order valence-corrected chi connectivity index (χ2v) is 3.95. The molecule has 0 saturated heterocycles. The lowest BCUT2D eigenvalue weighted by atomic mass is 9.98. The van der Waals surface area contributed by atoms with Gasteiger partial charge >= 0.3 is 0 Å². The molecule has 13 heavy (non-hydrogen) atoms. The van der Waals surface area contributed by atoms with Gasteiger partial charge < -0.3 is 5.73 Å². The lowest BCUT2D eigenvalue weighted by Gasteiger charge is -2.12. The van der Waals surface area contributed by atoms with Gasteiger partial charge in [-0.25, -0.2) is 4.98 Å². The minimum Gasteiger partial charge on any atom is -0.330 e. The van der Waals surface area contributed by atoms with Gasteiger partial charge in [-0.05, 0) is 37.6 Å². The van der Waals surface area contributed by atoms with Crippen molar-refractivity contribution in [3.63, 3.8) is 0 Å². The number of nitrogens with two attached hydrogens (primary N) is 1. The molecule has 0 aliphatic heterocycles. The Hall–Kier alpha value is -0.900. The maximum atomic E-state index is 5.57. The third-order valence-corrected chi connectivity index (χ3v) is 2.97. The molecule has 4 heteroatoms. The minimum absolute atomic E-state index is 0.556. The fourth-order valence-corrected chi connectivity index (χ4v) is 1.81. The molecule has 0 radical (unpaired) electrons. The van der Waals surface area contributed by atoms with Crippen molar-refractivity contribution in [3.05, 3.63) is 12.7 Å². The van der Waals surface area contributed by atoms with E-state index in [0.717, 1.165) is 13.1 Å². The van der Waals surface area contributed by atoms with Gasteiger partial charge in [0.1, 0.15) is 12.7 Å². The molecule has 1 fully saturated rings. The van der Waals surface area contributed by atoms with Gasteiger partial charge in [0.05, 0.1) is 0 Å². The summed E-state index contributed by atoms with van der Waals surface area (Å²) < 4.78 is 1.90. The van der Waals surface area contributed by atoms with Crippen molar-refractivity contribution >= 4 is 0 Å². The molecule has 0 bridgehead atoms. The van der Waals surface area contributed by atoms with Crippen LogP contribution in [-0.2, 0) is 6.54 Å². The first-order valence-electron chi connectivity index (χ1n) is 4.87. The molecule has 1 aromatic rings. The molecule has 1 aliphatic rings. The summed E-state index contributed by atoms with van der Waals surface area (Å²) in [6.07, 6.45) is 8.42. The van der Waals surface area contributed by atoms with Crippen LogP contribution in [0.2, 0.25) is 0 Å². The van der Waals surface area contributed by atoms with E-state index in [0.29, 0.717) is 5.41 Å². The summed E-state index contributed by atoms with van der Waals surface area (Å²) in [5, 5.41) is 4.08. The van der Waals surface area contributed by atoms with Crippen LogP contribution in [0.25, 0.3) is 0 Å². The third-order valence-electron chi connectivity index (χ3n) is 2.97. The van der Waals surface area contributed by atoms with Gasteiger partial charge in [0.25, 0.3) is 0 Å². The molecule has 4 nitrogen and oxygen atoms in total. The average Bonchev–Trinajstić information content (AvgIpc) is 2.71. The lowest BCUT2D eigenvalue weighted by molar-refractivity contribution is 0.389. The van der Waals surface area contributed by atoms with E-state index in [2.05, 4.69) is 10.1 Å². The number of hydrogen-bond donors (Lipinski definition) is 1. The van der Waals surface area contributed by atoms with E-state index in [1.54, 1.807) is 12.7 Å². The van der Waals surface area contributed by atoms with Crippen LogP contribution in [0, 0.1) is 5.41 Å². The number of nitrogens with zero attached hydrogens (tertiary/aromatic N) is 3. The van der Waals surface area contributed by atoms with E-state index in [1.165, 1.54) is 25.7 Å². The molecule has 0 aromatic carbocycles. The summed E-state index contributed by atoms with van der Waals surface area (Å²) in [6, 6.07) is 0. The Morgan fingerprint density at radius 1 is 1.38 bits per heavy atom. The topological polar surface area (TPSA) is 56.7 Å². The quantitative estimate of drug-likeness (QED) is 0.729. The Kier molecular flexibility index (Phi) is 2.31. The molecular formula is C9H16N4. The van der Waals surface area contributed by atoms with Gasteiger partial charge in [0.2, 0.25) is 0 Å². The van der Waals surface area contributed by atoms with Gasteiger partial charge in [-0.3, -0.25) is 4.68 Å². The van der Waals surface area contributed by atoms with Gasteiger partial charge in [0, 0.05) is 6.54 Å². The van der Waals surface area contributed by atoms with Crippen LogP contribution in [-0.4, -0.2) is 21.3 Å². The molecule has 0 atom stereocenters. The van der Waals surface area contributed by atoms with E-state index in [9.17, 15) is 0 Å². The maximum Gasteiger partial charge on any atom is 0.137 e. The first kappa shape index (κ1) is 8.69. The van der Waals surface area contributed by atoms with Crippen LogP contribution in [0.5, 0.6) is 0 Å². The van der Waals surface area contributed by atoms with Crippen molar-refractivity contribution in [2.45, 2.75) is 32.2 Å². The first-order chi connectivity index (χ1) is 6.35. The SMILES string of the molecule is NCCC1(CCn2cncn2)CC1.